The second-order valence-electron chi connectivity index (χ2n) is 3.76. The van der Waals surface area contributed by atoms with E-state index in [0.29, 0.717) is 0 Å². The summed E-state index contributed by atoms with van der Waals surface area (Å²) in [5.74, 6) is 0. The smallest absolute Gasteiger partial charge is 0.0594 e. The molecule has 1 aliphatic heterocycles. The van der Waals surface area contributed by atoms with Gasteiger partial charge in [-0.25, -0.2) is 0 Å². The van der Waals surface area contributed by atoms with Crippen LogP contribution in [0.4, 0.5) is 0 Å². The number of likely N-dealkylation sites (N-methyl/N-ethyl adjacent to an activating group) is 1. The third-order valence-electron chi connectivity index (χ3n) is 2.51. The van der Waals surface area contributed by atoms with Crippen LogP contribution in [0, 0.1) is 0 Å². The average molecular weight is 186 g/mol. The summed E-state index contributed by atoms with van der Waals surface area (Å²) in [4.78, 5) is 4.88. The molecular formula is C10H22N2O. The molecule has 0 amide bonds. The van der Waals surface area contributed by atoms with Gasteiger partial charge in [0.25, 0.3) is 0 Å². The van der Waals surface area contributed by atoms with E-state index in [4.69, 9.17) is 4.74 Å². The molecular weight excluding hydrogens is 164 g/mol. The summed E-state index contributed by atoms with van der Waals surface area (Å²) < 4.78 is 5.30. The Morgan fingerprint density at radius 3 is 2.54 bits per heavy atom. The standard InChI is InChI=1S/C10H22N2O/c1-3-4-11(2)5-6-12-7-9-13-10-8-12/h3-10H2,1-2H3. The Bertz CT molecular complexity index is 124. The van der Waals surface area contributed by atoms with Crippen molar-refractivity contribution >= 4 is 0 Å². The molecule has 0 aromatic heterocycles. The molecule has 1 rings (SSSR count). The van der Waals surface area contributed by atoms with Crippen molar-refractivity contribution in [3.05, 3.63) is 0 Å². The Balaban J connectivity index is 2.03. The molecule has 0 N–H and O–H groups in total. The molecule has 13 heavy (non-hydrogen) atoms. The van der Waals surface area contributed by atoms with E-state index in [9.17, 15) is 0 Å². The van der Waals surface area contributed by atoms with Gasteiger partial charge in [-0.05, 0) is 20.0 Å². The number of rotatable bonds is 5. The molecule has 0 aliphatic carbocycles. The van der Waals surface area contributed by atoms with E-state index in [2.05, 4.69) is 23.8 Å². The zero-order valence-corrected chi connectivity index (χ0v) is 8.96. The van der Waals surface area contributed by atoms with Crippen molar-refractivity contribution < 1.29 is 4.74 Å². The Kier molecular flexibility index (Phi) is 5.35. The van der Waals surface area contributed by atoms with E-state index < -0.39 is 0 Å². The number of hydrogen-bond acceptors (Lipinski definition) is 3. The van der Waals surface area contributed by atoms with Gasteiger partial charge in [-0.3, -0.25) is 4.90 Å². The maximum absolute atomic E-state index is 5.30. The summed E-state index contributed by atoms with van der Waals surface area (Å²) in [5, 5.41) is 0. The summed E-state index contributed by atoms with van der Waals surface area (Å²) in [7, 11) is 2.20. The van der Waals surface area contributed by atoms with E-state index in [1.807, 2.05) is 0 Å². The van der Waals surface area contributed by atoms with Gasteiger partial charge in [-0.1, -0.05) is 6.92 Å². The van der Waals surface area contributed by atoms with E-state index in [1.165, 1.54) is 26.1 Å². The molecule has 0 saturated carbocycles. The van der Waals surface area contributed by atoms with Crippen LogP contribution in [0.15, 0.2) is 0 Å². The number of ether oxygens (including phenoxy) is 1. The molecule has 78 valence electrons. The predicted molar refractivity (Wildman–Crippen MR) is 55.0 cm³/mol. The maximum Gasteiger partial charge on any atom is 0.0594 e. The van der Waals surface area contributed by atoms with Crippen molar-refractivity contribution in [1.29, 1.82) is 0 Å². The quantitative estimate of drug-likeness (QED) is 0.627. The first kappa shape index (κ1) is 11.0. The fourth-order valence-corrected chi connectivity index (χ4v) is 1.63. The molecule has 0 unspecified atom stereocenters. The highest BCUT2D eigenvalue weighted by molar-refractivity contribution is 4.63. The first-order valence-corrected chi connectivity index (χ1v) is 5.31. The van der Waals surface area contributed by atoms with Crippen molar-refractivity contribution in [1.82, 2.24) is 9.80 Å². The third-order valence-corrected chi connectivity index (χ3v) is 2.51. The van der Waals surface area contributed by atoms with Gasteiger partial charge in [-0.2, -0.15) is 0 Å². The molecule has 3 heteroatoms. The first-order chi connectivity index (χ1) is 6.33. The topological polar surface area (TPSA) is 15.7 Å². The molecule has 0 atom stereocenters. The highest BCUT2D eigenvalue weighted by Gasteiger charge is 2.09. The zero-order valence-electron chi connectivity index (χ0n) is 8.96. The van der Waals surface area contributed by atoms with Crippen LogP contribution in [0.1, 0.15) is 13.3 Å². The normalized spacial score (nSPS) is 19.6. The first-order valence-electron chi connectivity index (χ1n) is 5.31. The molecule has 0 radical (unpaired) electrons. The minimum atomic E-state index is 0.914. The Hall–Kier alpha value is -0.120. The van der Waals surface area contributed by atoms with Gasteiger partial charge in [0.2, 0.25) is 0 Å². The third kappa shape index (κ3) is 4.60. The van der Waals surface area contributed by atoms with Gasteiger partial charge >= 0.3 is 0 Å². The lowest BCUT2D eigenvalue weighted by Crippen LogP contribution is -2.40. The molecule has 0 aromatic rings. The lowest BCUT2D eigenvalue weighted by molar-refractivity contribution is 0.0345. The summed E-state index contributed by atoms with van der Waals surface area (Å²) in [6.45, 7) is 9.87. The molecule has 0 aromatic carbocycles. The van der Waals surface area contributed by atoms with Crippen molar-refractivity contribution in [3.63, 3.8) is 0 Å². The van der Waals surface area contributed by atoms with Crippen LogP contribution in [-0.2, 0) is 4.74 Å². The van der Waals surface area contributed by atoms with Crippen molar-refractivity contribution in [3.8, 4) is 0 Å². The zero-order chi connectivity index (χ0) is 9.52. The highest BCUT2D eigenvalue weighted by Crippen LogP contribution is 1.96. The lowest BCUT2D eigenvalue weighted by Gasteiger charge is -2.28. The average Bonchev–Trinajstić information content (AvgIpc) is 2.17. The van der Waals surface area contributed by atoms with Gasteiger partial charge in [-0.15, -0.1) is 0 Å². The summed E-state index contributed by atoms with van der Waals surface area (Å²) in [6.07, 6.45) is 1.25. The minimum absolute atomic E-state index is 0.914. The fraction of sp³-hybridized carbons (Fsp3) is 1.00. The summed E-state index contributed by atoms with van der Waals surface area (Å²) in [5.41, 5.74) is 0. The second-order valence-corrected chi connectivity index (χ2v) is 3.76. The molecule has 1 heterocycles. The monoisotopic (exact) mass is 186 g/mol. The van der Waals surface area contributed by atoms with Crippen LogP contribution < -0.4 is 0 Å². The largest absolute Gasteiger partial charge is 0.379 e. The predicted octanol–water partition coefficient (Wildman–Crippen LogP) is 0.660. The Labute approximate surface area is 81.7 Å². The lowest BCUT2D eigenvalue weighted by atomic mass is 10.4. The Morgan fingerprint density at radius 1 is 1.23 bits per heavy atom. The maximum atomic E-state index is 5.30. The fourth-order valence-electron chi connectivity index (χ4n) is 1.63. The summed E-state index contributed by atoms with van der Waals surface area (Å²) >= 11 is 0. The molecule has 3 nitrogen and oxygen atoms in total. The van der Waals surface area contributed by atoms with Crippen molar-refractivity contribution in [2.45, 2.75) is 13.3 Å². The number of morpholine rings is 1. The Morgan fingerprint density at radius 2 is 1.92 bits per heavy atom. The second kappa shape index (κ2) is 6.35. The minimum Gasteiger partial charge on any atom is -0.379 e. The van der Waals surface area contributed by atoms with E-state index >= 15 is 0 Å². The summed E-state index contributed by atoms with van der Waals surface area (Å²) in [6, 6.07) is 0. The SMILES string of the molecule is CCCN(C)CCN1CCOCC1. The van der Waals surface area contributed by atoms with Crippen molar-refractivity contribution in [2.24, 2.45) is 0 Å². The molecule has 1 aliphatic rings. The van der Waals surface area contributed by atoms with Crippen LogP contribution in [0.5, 0.6) is 0 Å². The molecule has 1 saturated heterocycles. The highest BCUT2D eigenvalue weighted by atomic mass is 16.5. The van der Waals surface area contributed by atoms with Crippen LogP contribution >= 0.6 is 0 Å². The van der Waals surface area contributed by atoms with E-state index in [0.717, 1.165) is 26.3 Å². The van der Waals surface area contributed by atoms with Crippen LogP contribution in [0.3, 0.4) is 0 Å². The van der Waals surface area contributed by atoms with Gasteiger partial charge in [0.15, 0.2) is 0 Å². The molecule has 1 fully saturated rings. The van der Waals surface area contributed by atoms with Gasteiger partial charge in [0.05, 0.1) is 13.2 Å². The van der Waals surface area contributed by atoms with Gasteiger partial charge in [0, 0.05) is 26.2 Å². The van der Waals surface area contributed by atoms with E-state index in [1.54, 1.807) is 0 Å². The van der Waals surface area contributed by atoms with Crippen LogP contribution in [0.25, 0.3) is 0 Å². The van der Waals surface area contributed by atoms with Crippen LogP contribution in [-0.4, -0.2) is 62.8 Å². The molecule has 0 spiro atoms. The number of nitrogens with zero attached hydrogens (tertiary/aromatic N) is 2. The van der Waals surface area contributed by atoms with Gasteiger partial charge in [0.1, 0.15) is 0 Å². The van der Waals surface area contributed by atoms with Crippen LogP contribution in [0.2, 0.25) is 0 Å². The number of hydrogen-bond donors (Lipinski definition) is 0. The van der Waals surface area contributed by atoms with Gasteiger partial charge < -0.3 is 9.64 Å². The van der Waals surface area contributed by atoms with Crippen molar-refractivity contribution in [2.75, 3.05) is 53.0 Å². The van der Waals surface area contributed by atoms with E-state index in [-0.39, 0.29) is 0 Å². The molecule has 0 bridgehead atoms.